The van der Waals surface area contributed by atoms with Gasteiger partial charge in [0.05, 0.1) is 24.6 Å². The standard InChI is InChI=1S/C48H44F2N4O3/c1-57-39-22-14-34(15-23-39)30-47(55)51-26-4-6-32-12-19-37(20-13-32)41-28-35(16-24-43(41)50)29-46-53-44-25-21-38(31-45(44)54-46)48(56)52-27-5-7-33-10-17-36(18-11-33)40-8-2-3-9-42(40)49/h2-3,8-25,28,31H,4-7,26-27,29-30H2,1H3,(H,51,55)(H,52,56)(H,53,54). The largest absolute Gasteiger partial charge is 0.497 e. The lowest BCUT2D eigenvalue weighted by atomic mass is 9.99. The molecule has 0 spiro atoms. The maximum Gasteiger partial charge on any atom is 0.251 e. The van der Waals surface area contributed by atoms with Crippen LogP contribution in [-0.2, 0) is 30.5 Å². The number of fused-ring (bicyclic) bond motifs is 1. The zero-order valence-electron chi connectivity index (χ0n) is 31.8. The van der Waals surface area contributed by atoms with Gasteiger partial charge < -0.3 is 20.4 Å². The van der Waals surface area contributed by atoms with Crippen LogP contribution in [0.4, 0.5) is 8.78 Å². The third-order valence-corrected chi connectivity index (χ3v) is 10.0. The van der Waals surface area contributed by atoms with E-state index in [1.165, 1.54) is 12.1 Å². The van der Waals surface area contributed by atoms with Crippen molar-refractivity contribution in [3.8, 4) is 28.0 Å². The second-order valence-electron chi connectivity index (χ2n) is 14.1. The third kappa shape index (κ3) is 10.2. The number of halogens is 2. The fourth-order valence-corrected chi connectivity index (χ4v) is 6.89. The van der Waals surface area contributed by atoms with Crippen LogP contribution in [-0.4, -0.2) is 42.0 Å². The Morgan fingerprint density at radius 2 is 1.26 bits per heavy atom. The van der Waals surface area contributed by atoms with Crippen LogP contribution in [0.25, 0.3) is 33.3 Å². The number of aromatic nitrogens is 2. The van der Waals surface area contributed by atoms with E-state index in [0.29, 0.717) is 48.4 Å². The summed E-state index contributed by atoms with van der Waals surface area (Å²) in [5, 5.41) is 5.99. The van der Waals surface area contributed by atoms with Gasteiger partial charge in [-0.05, 0) is 108 Å². The maximum atomic E-state index is 15.1. The molecule has 1 aromatic heterocycles. The first-order valence-electron chi connectivity index (χ1n) is 19.2. The fraction of sp³-hybridized carbons (Fsp3) is 0.188. The lowest BCUT2D eigenvalue weighted by Gasteiger charge is -2.09. The Morgan fingerprint density at radius 1 is 0.649 bits per heavy atom. The van der Waals surface area contributed by atoms with E-state index in [9.17, 15) is 14.0 Å². The molecule has 6 aromatic carbocycles. The SMILES string of the molecule is COc1ccc(CC(=O)NCCCc2ccc(-c3cc(Cc4nc5ccc(C(=O)NCCCc6ccc(-c7ccccc7F)cc6)cc5[nH]4)ccc3F)cc2)cc1. The van der Waals surface area contributed by atoms with E-state index in [2.05, 4.69) is 15.6 Å². The minimum absolute atomic E-state index is 0.0207. The van der Waals surface area contributed by atoms with Gasteiger partial charge in [0, 0.05) is 36.2 Å². The molecule has 0 saturated carbocycles. The number of hydrogen-bond acceptors (Lipinski definition) is 4. The van der Waals surface area contributed by atoms with Crippen LogP contribution in [0.1, 0.15) is 51.3 Å². The molecule has 0 aliphatic carbocycles. The number of imidazole rings is 1. The van der Waals surface area contributed by atoms with Crippen LogP contribution in [0.15, 0.2) is 133 Å². The van der Waals surface area contributed by atoms with E-state index in [1.807, 2.05) is 91.0 Å². The summed E-state index contributed by atoms with van der Waals surface area (Å²) >= 11 is 0. The predicted molar refractivity (Wildman–Crippen MR) is 221 cm³/mol. The fourth-order valence-electron chi connectivity index (χ4n) is 6.89. The van der Waals surface area contributed by atoms with Gasteiger partial charge in [0.1, 0.15) is 23.2 Å². The van der Waals surface area contributed by atoms with Crippen LogP contribution >= 0.6 is 0 Å². The number of aryl methyl sites for hydroxylation is 2. The van der Waals surface area contributed by atoms with Crippen LogP contribution in [0.5, 0.6) is 5.75 Å². The van der Waals surface area contributed by atoms with Crippen molar-refractivity contribution in [3.05, 3.63) is 179 Å². The molecule has 7 rings (SSSR count). The van der Waals surface area contributed by atoms with Crippen molar-refractivity contribution in [3.63, 3.8) is 0 Å². The highest BCUT2D eigenvalue weighted by atomic mass is 19.1. The first kappa shape index (κ1) is 38.7. The highest BCUT2D eigenvalue weighted by Gasteiger charge is 2.13. The first-order chi connectivity index (χ1) is 27.8. The van der Waals surface area contributed by atoms with Crippen LogP contribution in [0.2, 0.25) is 0 Å². The summed E-state index contributed by atoms with van der Waals surface area (Å²) < 4.78 is 34.4. The molecular weight excluding hydrogens is 719 g/mol. The molecule has 0 saturated heterocycles. The average molecular weight is 763 g/mol. The number of carbonyl (C=O) groups is 2. The number of nitrogens with one attached hydrogen (secondary N) is 3. The molecule has 0 unspecified atom stereocenters. The minimum atomic E-state index is -0.302. The van der Waals surface area contributed by atoms with Gasteiger partial charge in [-0.15, -0.1) is 0 Å². The molecule has 0 aliphatic heterocycles. The summed E-state index contributed by atoms with van der Waals surface area (Å²) in [4.78, 5) is 33.4. The normalized spacial score (nSPS) is 11.1. The molecule has 0 radical (unpaired) electrons. The van der Waals surface area contributed by atoms with E-state index in [4.69, 9.17) is 9.72 Å². The number of carbonyl (C=O) groups excluding carboxylic acids is 2. The number of H-pyrrole nitrogens is 1. The van der Waals surface area contributed by atoms with E-state index in [1.54, 1.807) is 37.4 Å². The highest BCUT2D eigenvalue weighted by Crippen LogP contribution is 2.27. The lowest BCUT2D eigenvalue weighted by Crippen LogP contribution is -2.26. The number of amides is 2. The number of rotatable bonds is 16. The average Bonchev–Trinajstić information content (AvgIpc) is 3.64. The smallest absolute Gasteiger partial charge is 0.251 e. The van der Waals surface area contributed by atoms with Gasteiger partial charge in [-0.2, -0.15) is 0 Å². The molecule has 7 aromatic rings. The lowest BCUT2D eigenvalue weighted by molar-refractivity contribution is -0.120. The van der Waals surface area contributed by atoms with Crippen molar-refractivity contribution < 1.29 is 23.1 Å². The minimum Gasteiger partial charge on any atom is -0.497 e. The molecule has 9 heteroatoms. The number of nitrogens with zero attached hydrogens (tertiary/aromatic N) is 1. The van der Waals surface area contributed by atoms with Crippen LogP contribution < -0.4 is 15.4 Å². The van der Waals surface area contributed by atoms with Gasteiger partial charge in [0.2, 0.25) is 5.91 Å². The predicted octanol–water partition coefficient (Wildman–Crippen LogP) is 9.43. The molecular formula is C48H44F2N4O3. The number of hydrogen-bond donors (Lipinski definition) is 3. The number of ether oxygens (including phenoxy) is 1. The second kappa shape index (κ2) is 18.3. The molecule has 0 fully saturated rings. The van der Waals surface area contributed by atoms with Crippen LogP contribution in [0, 0.1) is 11.6 Å². The van der Waals surface area contributed by atoms with Gasteiger partial charge in [0.15, 0.2) is 0 Å². The van der Waals surface area contributed by atoms with Gasteiger partial charge >= 0.3 is 0 Å². The highest BCUT2D eigenvalue weighted by molar-refractivity contribution is 5.97. The molecule has 0 aliphatic rings. The van der Waals surface area contributed by atoms with E-state index >= 15 is 4.39 Å². The summed E-state index contributed by atoms with van der Waals surface area (Å²) in [6, 6.07) is 40.4. The van der Waals surface area contributed by atoms with Crippen molar-refractivity contribution in [1.82, 2.24) is 20.6 Å². The van der Waals surface area contributed by atoms with Crippen molar-refractivity contribution in [2.24, 2.45) is 0 Å². The maximum absolute atomic E-state index is 15.1. The summed E-state index contributed by atoms with van der Waals surface area (Å²) in [5.74, 6) is 0.748. The Kier molecular flexibility index (Phi) is 12.4. The molecule has 57 heavy (non-hydrogen) atoms. The van der Waals surface area contributed by atoms with E-state index < -0.39 is 0 Å². The van der Waals surface area contributed by atoms with Crippen molar-refractivity contribution >= 4 is 22.8 Å². The summed E-state index contributed by atoms with van der Waals surface area (Å²) in [6.07, 6.45) is 3.91. The summed E-state index contributed by atoms with van der Waals surface area (Å²) in [5.41, 5.74) is 8.81. The number of methoxy groups -OCH3 is 1. The number of benzene rings is 6. The van der Waals surface area contributed by atoms with Crippen LogP contribution in [0.3, 0.4) is 0 Å². The Labute approximate surface area is 331 Å². The molecule has 1 heterocycles. The third-order valence-electron chi connectivity index (χ3n) is 10.0. The topological polar surface area (TPSA) is 96.1 Å². The molecule has 0 bridgehead atoms. The Balaban J connectivity index is 0.878. The summed E-state index contributed by atoms with van der Waals surface area (Å²) in [7, 11) is 1.61. The van der Waals surface area contributed by atoms with Crippen molar-refractivity contribution in [2.75, 3.05) is 20.2 Å². The molecule has 2 amide bonds. The second-order valence-corrected chi connectivity index (χ2v) is 14.1. The van der Waals surface area contributed by atoms with Crippen molar-refractivity contribution in [1.29, 1.82) is 0 Å². The Bertz CT molecular complexity index is 2460. The quantitative estimate of drug-likeness (QED) is 0.0856. The molecule has 0 atom stereocenters. The molecule has 288 valence electrons. The molecule has 7 nitrogen and oxygen atoms in total. The molecule has 3 N–H and O–H groups in total. The summed E-state index contributed by atoms with van der Waals surface area (Å²) in [6.45, 7) is 1.09. The zero-order valence-corrected chi connectivity index (χ0v) is 31.8. The Hall–Kier alpha value is -6.61. The van der Waals surface area contributed by atoms with E-state index in [0.717, 1.165) is 75.8 Å². The van der Waals surface area contributed by atoms with E-state index in [-0.39, 0.29) is 23.4 Å². The van der Waals surface area contributed by atoms with Crippen molar-refractivity contribution in [2.45, 2.75) is 38.5 Å². The Morgan fingerprint density at radius 3 is 1.95 bits per heavy atom. The van der Waals surface area contributed by atoms with Gasteiger partial charge in [-0.25, -0.2) is 13.8 Å². The van der Waals surface area contributed by atoms with Gasteiger partial charge in [-0.1, -0.05) is 84.9 Å². The monoisotopic (exact) mass is 762 g/mol. The first-order valence-corrected chi connectivity index (χ1v) is 19.2. The van der Waals surface area contributed by atoms with Gasteiger partial charge in [0.25, 0.3) is 5.91 Å². The van der Waals surface area contributed by atoms with Gasteiger partial charge in [-0.3, -0.25) is 9.59 Å². The zero-order chi connectivity index (χ0) is 39.6. The number of aromatic amines is 1.